The van der Waals surface area contributed by atoms with Gasteiger partial charge in [0.1, 0.15) is 18.2 Å². The molecule has 1 aliphatic carbocycles. The Labute approximate surface area is 181 Å². The van der Waals surface area contributed by atoms with Crippen LogP contribution >= 0.6 is 0 Å². The van der Waals surface area contributed by atoms with Crippen molar-refractivity contribution in [2.45, 2.75) is 44.2 Å². The number of hydrogen-bond acceptors (Lipinski definition) is 3. The van der Waals surface area contributed by atoms with Crippen molar-refractivity contribution >= 4 is 0 Å². The third kappa shape index (κ3) is 4.42. The molecule has 5 heteroatoms. The summed E-state index contributed by atoms with van der Waals surface area (Å²) in [4.78, 5) is 15.2. The van der Waals surface area contributed by atoms with Crippen LogP contribution in [0.5, 0.6) is 5.75 Å². The molecule has 5 rings (SSSR count). The Hall–Kier alpha value is -2.92. The lowest BCUT2D eigenvalue weighted by atomic mass is 9.75. The van der Waals surface area contributed by atoms with Crippen molar-refractivity contribution in [1.82, 2.24) is 9.47 Å². The van der Waals surface area contributed by atoms with Gasteiger partial charge in [-0.25, -0.2) is 4.39 Å². The topological polar surface area (TPSA) is 34.5 Å². The molecule has 4 nitrogen and oxygen atoms in total. The molecule has 0 spiro atoms. The number of halogens is 1. The molecule has 1 aromatic heterocycles. The van der Waals surface area contributed by atoms with E-state index in [1.165, 1.54) is 62.5 Å². The van der Waals surface area contributed by atoms with Crippen molar-refractivity contribution in [2.24, 2.45) is 0 Å². The van der Waals surface area contributed by atoms with E-state index in [0.29, 0.717) is 11.7 Å². The molecule has 0 N–H and O–H groups in total. The number of pyridine rings is 1. The van der Waals surface area contributed by atoms with Gasteiger partial charge in [-0.15, -0.1) is 0 Å². The molecule has 2 aliphatic rings. The summed E-state index contributed by atoms with van der Waals surface area (Å²) in [5.41, 5.74) is 2.94. The molecular formula is C26H27FN2O2. The summed E-state index contributed by atoms with van der Waals surface area (Å²) in [6, 6.07) is 18.6. The summed E-state index contributed by atoms with van der Waals surface area (Å²) < 4.78 is 20.3. The first-order valence-corrected chi connectivity index (χ1v) is 11.1. The average Bonchev–Trinajstić information content (AvgIpc) is 3.27. The molecule has 1 saturated carbocycles. The van der Waals surface area contributed by atoms with Crippen LogP contribution in [-0.2, 0) is 6.61 Å². The van der Waals surface area contributed by atoms with Crippen molar-refractivity contribution in [3.05, 3.63) is 94.2 Å². The standard InChI is InChI=1S/C26H27FN2O2/c27-22-7-3-19(4-8-22)18-31-25-11-14-29(26(30)17-25)23-9-5-20(6-10-23)21-15-24(16-21)28-12-1-2-13-28/h3-11,14,17,21,24H,1-2,12-13,15-16,18H2. The third-order valence-corrected chi connectivity index (χ3v) is 6.62. The number of hydrogen-bond donors (Lipinski definition) is 0. The minimum absolute atomic E-state index is 0.137. The molecule has 31 heavy (non-hydrogen) atoms. The molecule has 160 valence electrons. The minimum Gasteiger partial charge on any atom is -0.489 e. The van der Waals surface area contributed by atoms with E-state index in [1.807, 2.05) is 12.1 Å². The van der Waals surface area contributed by atoms with Crippen molar-refractivity contribution in [1.29, 1.82) is 0 Å². The summed E-state index contributed by atoms with van der Waals surface area (Å²) in [5, 5.41) is 0. The van der Waals surface area contributed by atoms with Gasteiger partial charge in [0.15, 0.2) is 0 Å². The van der Waals surface area contributed by atoms with Crippen LogP contribution in [0.3, 0.4) is 0 Å². The SMILES string of the molecule is O=c1cc(OCc2ccc(F)cc2)ccn1-c1ccc(C2CC(N3CCCC3)C2)cc1. The maximum absolute atomic E-state index is 13.0. The van der Waals surface area contributed by atoms with Gasteiger partial charge in [0.2, 0.25) is 0 Å². The van der Waals surface area contributed by atoms with E-state index in [2.05, 4.69) is 17.0 Å². The first-order valence-electron chi connectivity index (χ1n) is 11.1. The molecule has 0 radical (unpaired) electrons. The molecule has 2 aromatic carbocycles. The second-order valence-corrected chi connectivity index (χ2v) is 8.64. The number of benzene rings is 2. The smallest absolute Gasteiger partial charge is 0.258 e. The van der Waals surface area contributed by atoms with Gasteiger partial charge < -0.3 is 9.64 Å². The van der Waals surface area contributed by atoms with E-state index in [0.717, 1.165) is 17.3 Å². The molecule has 0 atom stereocenters. The maximum Gasteiger partial charge on any atom is 0.258 e. The quantitative estimate of drug-likeness (QED) is 0.571. The lowest BCUT2D eigenvalue weighted by molar-refractivity contribution is 0.136. The normalized spacial score (nSPS) is 21.1. The van der Waals surface area contributed by atoms with Crippen molar-refractivity contribution < 1.29 is 9.13 Å². The number of rotatable bonds is 6. The van der Waals surface area contributed by atoms with E-state index < -0.39 is 0 Å². The van der Waals surface area contributed by atoms with Crippen molar-refractivity contribution in [3.63, 3.8) is 0 Å². The van der Waals surface area contributed by atoms with E-state index >= 15 is 0 Å². The second kappa shape index (κ2) is 8.67. The van der Waals surface area contributed by atoms with Crippen LogP contribution < -0.4 is 10.3 Å². The molecule has 1 aliphatic heterocycles. The zero-order valence-corrected chi connectivity index (χ0v) is 17.5. The zero-order valence-electron chi connectivity index (χ0n) is 17.5. The average molecular weight is 419 g/mol. The minimum atomic E-state index is -0.277. The number of aromatic nitrogens is 1. The Kier molecular flexibility index (Phi) is 5.60. The molecule has 3 aromatic rings. The van der Waals surface area contributed by atoms with Crippen LogP contribution in [0.25, 0.3) is 5.69 Å². The van der Waals surface area contributed by atoms with Crippen molar-refractivity contribution in [2.75, 3.05) is 13.1 Å². The molecule has 0 amide bonds. The lowest BCUT2D eigenvalue weighted by Gasteiger charge is -2.41. The zero-order chi connectivity index (χ0) is 21.2. The van der Waals surface area contributed by atoms with Crippen LogP contribution in [0, 0.1) is 5.82 Å². The van der Waals surface area contributed by atoms with Crippen LogP contribution in [0.15, 0.2) is 71.7 Å². The van der Waals surface area contributed by atoms with Gasteiger partial charge in [-0.1, -0.05) is 24.3 Å². The summed E-state index contributed by atoms with van der Waals surface area (Å²) in [5.74, 6) is 0.865. The number of nitrogens with zero attached hydrogens (tertiary/aromatic N) is 2. The molecule has 2 heterocycles. The monoisotopic (exact) mass is 418 g/mol. The van der Waals surface area contributed by atoms with Gasteiger partial charge in [0, 0.05) is 24.0 Å². The summed E-state index contributed by atoms with van der Waals surface area (Å²) in [6.07, 6.45) is 6.93. The third-order valence-electron chi connectivity index (χ3n) is 6.62. The van der Waals surface area contributed by atoms with E-state index in [-0.39, 0.29) is 18.0 Å². The van der Waals surface area contributed by atoms with E-state index in [4.69, 9.17) is 4.74 Å². The summed E-state index contributed by atoms with van der Waals surface area (Å²) >= 11 is 0. The highest BCUT2D eigenvalue weighted by Crippen LogP contribution is 2.40. The van der Waals surface area contributed by atoms with E-state index in [9.17, 15) is 9.18 Å². The predicted molar refractivity (Wildman–Crippen MR) is 119 cm³/mol. The largest absolute Gasteiger partial charge is 0.489 e. The first-order chi connectivity index (χ1) is 15.2. The van der Waals surface area contributed by atoms with Crippen molar-refractivity contribution in [3.8, 4) is 11.4 Å². The fourth-order valence-electron chi connectivity index (χ4n) is 4.68. The molecule has 0 bridgehead atoms. The second-order valence-electron chi connectivity index (χ2n) is 8.64. The molecule has 2 fully saturated rings. The van der Waals surface area contributed by atoms with Gasteiger partial charge in [-0.2, -0.15) is 0 Å². The fraction of sp³-hybridized carbons (Fsp3) is 0.346. The highest BCUT2D eigenvalue weighted by molar-refractivity contribution is 5.38. The Morgan fingerprint density at radius 1 is 0.935 bits per heavy atom. The predicted octanol–water partition coefficient (Wildman–Crippen LogP) is 4.90. The maximum atomic E-state index is 13.0. The van der Waals surface area contributed by atoms with Gasteiger partial charge in [-0.3, -0.25) is 9.36 Å². The van der Waals surface area contributed by atoms with Gasteiger partial charge >= 0.3 is 0 Å². The molecular weight excluding hydrogens is 391 g/mol. The highest BCUT2D eigenvalue weighted by Gasteiger charge is 2.35. The lowest BCUT2D eigenvalue weighted by Crippen LogP contribution is -2.42. The number of ether oxygens (including phenoxy) is 1. The Morgan fingerprint density at radius 3 is 2.32 bits per heavy atom. The first kappa shape index (κ1) is 20.0. The van der Waals surface area contributed by atoms with Crippen LogP contribution in [0.2, 0.25) is 0 Å². The van der Waals surface area contributed by atoms with Gasteiger partial charge in [-0.05, 0) is 86.1 Å². The van der Waals surface area contributed by atoms with Gasteiger partial charge in [0.05, 0.1) is 0 Å². The fourth-order valence-corrected chi connectivity index (χ4v) is 4.68. The number of likely N-dealkylation sites (tertiary alicyclic amines) is 1. The summed E-state index contributed by atoms with van der Waals surface area (Å²) in [7, 11) is 0. The molecule has 0 unspecified atom stereocenters. The van der Waals surface area contributed by atoms with Gasteiger partial charge in [0.25, 0.3) is 5.56 Å². The Balaban J connectivity index is 1.21. The Morgan fingerprint density at radius 2 is 1.65 bits per heavy atom. The highest BCUT2D eigenvalue weighted by atomic mass is 19.1. The Bertz CT molecular complexity index is 1080. The van der Waals surface area contributed by atoms with Crippen LogP contribution in [0.4, 0.5) is 4.39 Å². The summed E-state index contributed by atoms with van der Waals surface area (Å²) in [6.45, 7) is 2.82. The van der Waals surface area contributed by atoms with E-state index in [1.54, 1.807) is 29.0 Å². The van der Waals surface area contributed by atoms with Crippen LogP contribution in [0.1, 0.15) is 42.7 Å². The van der Waals surface area contributed by atoms with Crippen LogP contribution in [-0.4, -0.2) is 28.6 Å². The molecule has 1 saturated heterocycles.